The van der Waals surface area contributed by atoms with Crippen molar-refractivity contribution in [2.45, 2.75) is 24.6 Å². The van der Waals surface area contributed by atoms with E-state index in [2.05, 4.69) is 5.32 Å². The molecule has 2 amide bonds. The van der Waals surface area contributed by atoms with Gasteiger partial charge in [0.05, 0.1) is 17.2 Å². The quantitative estimate of drug-likeness (QED) is 0.911. The van der Waals surface area contributed by atoms with Crippen molar-refractivity contribution < 1.29 is 22.8 Å². The first-order valence-corrected chi connectivity index (χ1v) is 8.32. The van der Waals surface area contributed by atoms with E-state index < -0.39 is 11.7 Å². The molecule has 2 aliphatic rings. The summed E-state index contributed by atoms with van der Waals surface area (Å²) in [6.07, 6.45) is -3.91. The lowest BCUT2D eigenvalue weighted by molar-refractivity contribution is -0.138. The molecule has 1 saturated heterocycles. The SMILES string of the molecule is O=C(CN1CSCC1=O)NC1CC1c1ccccc1C(F)(F)F. The summed E-state index contributed by atoms with van der Waals surface area (Å²) in [4.78, 5) is 24.8. The first-order chi connectivity index (χ1) is 10.9. The molecule has 2 fully saturated rings. The van der Waals surface area contributed by atoms with Crippen LogP contribution in [0.3, 0.4) is 0 Å². The van der Waals surface area contributed by atoms with Gasteiger partial charge in [0.2, 0.25) is 11.8 Å². The van der Waals surface area contributed by atoms with Crippen molar-refractivity contribution in [2.75, 3.05) is 18.2 Å². The highest BCUT2D eigenvalue weighted by Crippen LogP contribution is 2.46. The topological polar surface area (TPSA) is 49.4 Å². The van der Waals surface area contributed by atoms with Gasteiger partial charge >= 0.3 is 6.18 Å². The number of amides is 2. The number of halogens is 3. The molecule has 1 saturated carbocycles. The number of carbonyl (C=O) groups excluding carboxylic acids is 2. The normalized spacial score (nSPS) is 24.0. The second-order valence-electron chi connectivity index (χ2n) is 5.67. The number of hydrogen-bond acceptors (Lipinski definition) is 3. The number of nitrogens with zero attached hydrogens (tertiary/aromatic N) is 1. The van der Waals surface area contributed by atoms with Crippen LogP contribution in [0.2, 0.25) is 0 Å². The Morgan fingerprint density at radius 2 is 2.09 bits per heavy atom. The van der Waals surface area contributed by atoms with Crippen LogP contribution in [-0.4, -0.2) is 40.9 Å². The van der Waals surface area contributed by atoms with Crippen LogP contribution in [0.15, 0.2) is 24.3 Å². The molecule has 1 aromatic carbocycles. The Bertz CT molecular complexity index is 635. The molecule has 23 heavy (non-hydrogen) atoms. The zero-order valence-corrected chi connectivity index (χ0v) is 12.9. The molecule has 1 aliphatic heterocycles. The van der Waals surface area contributed by atoms with E-state index in [1.165, 1.54) is 28.8 Å². The van der Waals surface area contributed by atoms with E-state index >= 15 is 0 Å². The van der Waals surface area contributed by atoms with Gasteiger partial charge in [-0.1, -0.05) is 18.2 Å². The Labute approximate surface area is 135 Å². The third-order valence-corrected chi connectivity index (χ3v) is 4.91. The fourth-order valence-electron chi connectivity index (χ4n) is 2.74. The molecule has 2 unspecified atom stereocenters. The average Bonchev–Trinajstić information content (AvgIpc) is 3.13. The van der Waals surface area contributed by atoms with Crippen LogP contribution in [0.4, 0.5) is 13.2 Å². The summed E-state index contributed by atoms with van der Waals surface area (Å²) in [5, 5.41) is 2.72. The second kappa shape index (κ2) is 6.07. The Morgan fingerprint density at radius 3 is 2.74 bits per heavy atom. The van der Waals surface area contributed by atoms with Crippen LogP contribution < -0.4 is 5.32 Å². The van der Waals surface area contributed by atoms with Crippen LogP contribution in [0.25, 0.3) is 0 Å². The van der Waals surface area contributed by atoms with Gasteiger partial charge in [0, 0.05) is 12.0 Å². The van der Waals surface area contributed by atoms with Crippen molar-refractivity contribution >= 4 is 23.6 Å². The molecule has 3 rings (SSSR count). The molecule has 4 nitrogen and oxygen atoms in total. The smallest absolute Gasteiger partial charge is 0.351 e. The zero-order chi connectivity index (χ0) is 16.6. The van der Waals surface area contributed by atoms with E-state index in [0.29, 0.717) is 18.1 Å². The fraction of sp³-hybridized carbons (Fsp3) is 0.467. The Morgan fingerprint density at radius 1 is 1.35 bits per heavy atom. The van der Waals surface area contributed by atoms with Crippen molar-refractivity contribution in [2.24, 2.45) is 0 Å². The number of nitrogens with one attached hydrogen (secondary N) is 1. The molecule has 8 heteroatoms. The van der Waals surface area contributed by atoms with Gasteiger partial charge in [-0.3, -0.25) is 9.59 Å². The summed E-state index contributed by atoms with van der Waals surface area (Å²) in [6.45, 7) is -0.0318. The monoisotopic (exact) mass is 344 g/mol. The lowest BCUT2D eigenvalue weighted by Crippen LogP contribution is -2.39. The van der Waals surface area contributed by atoms with Crippen molar-refractivity contribution in [1.82, 2.24) is 10.2 Å². The summed E-state index contributed by atoms with van der Waals surface area (Å²) < 4.78 is 39.0. The number of rotatable bonds is 4. The largest absolute Gasteiger partial charge is 0.416 e. The van der Waals surface area contributed by atoms with Crippen LogP contribution in [-0.2, 0) is 15.8 Å². The second-order valence-corrected chi connectivity index (χ2v) is 6.63. The van der Waals surface area contributed by atoms with Gasteiger partial charge in [-0.2, -0.15) is 13.2 Å². The molecule has 0 bridgehead atoms. The minimum atomic E-state index is -4.40. The van der Waals surface area contributed by atoms with Crippen molar-refractivity contribution in [3.8, 4) is 0 Å². The van der Waals surface area contributed by atoms with E-state index in [-0.39, 0.29) is 35.9 Å². The maximum atomic E-state index is 13.0. The predicted molar refractivity (Wildman–Crippen MR) is 79.8 cm³/mol. The third-order valence-electron chi connectivity index (χ3n) is 3.96. The van der Waals surface area contributed by atoms with Gasteiger partial charge in [0.15, 0.2) is 0 Å². The van der Waals surface area contributed by atoms with Gasteiger partial charge in [-0.25, -0.2) is 0 Å². The highest BCUT2D eigenvalue weighted by atomic mass is 32.2. The van der Waals surface area contributed by atoms with Gasteiger partial charge < -0.3 is 10.2 Å². The maximum Gasteiger partial charge on any atom is 0.416 e. The minimum Gasteiger partial charge on any atom is -0.351 e. The van der Waals surface area contributed by atoms with Crippen molar-refractivity contribution in [3.63, 3.8) is 0 Å². The van der Waals surface area contributed by atoms with Gasteiger partial charge in [0.25, 0.3) is 0 Å². The summed E-state index contributed by atoms with van der Waals surface area (Å²) in [7, 11) is 0. The van der Waals surface area contributed by atoms with Crippen LogP contribution >= 0.6 is 11.8 Å². The summed E-state index contributed by atoms with van der Waals surface area (Å²) in [5.41, 5.74) is -0.425. The number of hydrogen-bond donors (Lipinski definition) is 1. The van der Waals surface area contributed by atoms with Crippen LogP contribution in [0.1, 0.15) is 23.5 Å². The molecule has 124 valence electrons. The minimum absolute atomic E-state index is 0.0318. The van der Waals surface area contributed by atoms with Crippen LogP contribution in [0, 0.1) is 0 Å². The van der Waals surface area contributed by atoms with Gasteiger partial charge in [0.1, 0.15) is 6.54 Å². The third kappa shape index (κ3) is 3.63. The van der Waals surface area contributed by atoms with Gasteiger partial charge in [-0.05, 0) is 18.1 Å². The predicted octanol–water partition coefficient (Wildman–Crippen LogP) is 2.21. The summed E-state index contributed by atoms with van der Waals surface area (Å²) in [6, 6.07) is 5.16. The average molecular weight is 344 g/mol. The number of thioether (sulfide) groups is 1. The molecule has 1 N–H and O–H groups in total. The van der Waals surface area contributed by atoms with E-state index in [0.717, 1.165) is 6.07 Å². The standard InChI is InChI=1S/C15H15F3N2O2S/c16-15(17,18)11-4-2-1-3-9(11)10-5-12(10)19-13(21)6-20-8-23-7-14(20)22/h1-4,10,12H,5-8H2,(H,19,21). The number of carbonyl (C=O) groups is 2. The molecule has 1 aromatic rings. The Hall–Kier alpha value is -1.70. The molecular formula is C15H15F3N2O2S. The molecular weight excluding hydrogens is 329 g/mol. The van der Waals surface area contributed by atoms with E-state index in [1.807, 2.05) is 0 Å². The van der Waals surface area contributed by atoms with E-state index in [1.54, 1.807) is 6.07 Å². The van der Waals surface area contributed by atoms with Crippen LogP contribution in [0.5, 0.6) is 0 Å². The first kappa shape index (κ1) is 16.2. The molecule has 0 spiro atoms. The highest BCUT2D eigenvalue weighted by molar-refractivity contribution is 8.00. The lowest BCUT2D eigenvalue weighted by Gasteiger charge is -2.15. The maximum absolute atomic E-state index is 13.0. The van der Waals surface area contributed by atoms with E-state index in [4.69, 9.17) is 0 Å². The molecule has 0 radical (unpaired) electrons. The molecule has 2 atom stereocenters. The Kier molecular flexibility index (Phi) is 4.27. The van der Waals surface area contributed by atoms with E-state index in [9.17, 15) is 22.8 Å². The summed E-state index contributed by atoms with van der Waals surface area (Å²) >= 11 is 1.44. The fourth-order valence-corrected chi connectivity index (χ4v) is 3.65. The highest BCUT2D eigenvalue weighted by Gasteiger charge is 2.45. The molecule has 1 heterocycles. The molecule has 0 aromatic heterocycles. The van der Waals surface area contributed by atoms with Gasteiger partial charge in [-0.15, -0.1) is 11.8 Å². The number of benzene rings is 1. The Balaban J connectivity index is 1.60. The zero-order valence-electron chi connectivity index (χ0n) is 12.1. The first-order valence-electron chi connectivity index (χ1n) is 7.17. The van der Waals surface area contributed by atoms with Crippen molar-refractivity contribution in [1.29, 1.82) is 0 Å². The summed E-state index contributed by atoms with van der Waals surface area (Å²) in [5.74, 6) is 0.133. The van der Waals surface area contributed by atoms with Crippen molar-refractivity contribution in [3.05, 3.63) is 35.4 Å². The molecule has 1 aliphatic carbocycles. The number of alkyl halides is 3. The lowest BCUT2D eigenvalue weighted by atomic mass is 10.0.